The Kier molecular flexibility index (Phi) is 4.53. The molecular formula is C23H24O5. The first-order valence-corrected chi connectivity index (χ1v) is 9.33. The number of hydrogen-bond acceptors (Lipinski definition) is 5. The van der Waals surface area contributed by atoms with Crippen molar-refractivity contribution >= 4 is 12.4 Å². The molecule has 2 aromatic rings. The minimum atomic E-state index is -0.452. The molecule has 0 spiro atoms. The molecule has 2 aromatic carbocycles. The van der Waals surface area contributed by atoms with Gasteiger partial charge in [0.15, 0.2) is 6.29 Å². The predicted molar refractivity (Wildman–Crippen MR) is 107 cm³/mol. The summed E-state index contributed by atoms with van der Waals surface area (Å²) in [4.78, 5) is 11.7. The van der Waals surface area contributed by atoms with E-state index in [1.54, 1.807) is 14.2 Å². The minimum Gasteiger partial charge on any atom is -0.497 e. The van der Waals surface area contributed by atoms with E-state index in [0.717, 1.165) is 46.6 Å². The Balaban J connectivity index is 1.73. The number of ether oxygens (including phenoxy) is 4. The van der Waals surface area contributed by atoms with Crippen LogP contribution in [0, 0.1) is 0 Å². The molecular weight excluding hydrogens is 356 g/mol. The van der Waals surface area contributed by atoms with Crippen molar-refractivity contribution in [2.45, 2.75) is 31.8 Å². The maximum Gasteiger partial charge on any atom is 0.153 e. The number of carbonyl (C=O) groups is 1. The molecule has 5 nitrogen and oxygen atoms in total. The Morgan fingerprint density at radius 1 is 1.14 bits per heavy atom. The Labute approximate surface area is 164 Å². The van der Waals surface area contributed by atoms with E-state index in [9.17, 15) is 4.79 Å². The highest BCUT2D eigenvalue weighted by Crippen LogP contribution is 2.46. The van der Waals surface area contributed by atoms with Gasteiger partial charge in [-0.15, -0.1) is 0 Å². The van der Waals surface area contributed by atoms with Crippen LogP contribution < -0.4 is 18.9 Å². The number of fused-ring (bicyclic) bond motifs is 3. The summed E-state index contributed by atoms with van der Waals surface area (Å²) in [5, 5.41) is 0. The lowest BCUT2D eigenvalue weighted by atomic mass is 9.86. The van der Waals surface area contributed by atoms with E-state index in [1.807, 2.05) is 50.3 Å². The zero-order valence-corrected chi connectivity index (χ0v) is 16.6. The number of benzene rings is 2. The Bertz CT molecular complexity index is 958. The van der Waals surface area contributed by atoms with Gasteiger partial charge in [-0.05, 0) is 50.1 Å². The van der Waals surface area contributed by atoms with Crippen LogP contribution in [0.5, 0.6) is 23.0 Å². The van der Waals surface area contributed by atoms with E-state index in [1.165, 1.54) is 0 Å². The smallest absolute Gasteiger partial charge is 0.153 e. The van der Waals surface area contributed by atoms with Crippen LogP contribution in [-0.2, 0) is 6.42 Å². The minimum absolute atomic E-state index is 0.121. The first-order chi connectivity index (χ1) is 13.5. The highest BCUT2D eigenvalue weighted by molar-refractivity contribution is 5.86. The molecule has 0 fully saturated rings. The number of carbonyl (C=O) groups excluding carboxylic acids is 1. The monoisotopic (exact) mass is 380 g/mol. The molecule has 2 heterocycles. The zero-order chi connectivity index (χ0) is 19.9. The van der Waals surface area contributed by atoms with Gasteiger partial charge in [-0.3, -0.25) is 4.79 Å². The second-order valence-corrected chi connectivity index (χ2v) is 7.67. The van der Waals surface area contributed by atoms with Crippen molar-refractivity contribution < 1.29 is 23.7 Å². The lowest BCUT2D eigenvalue weighted by Gasteiger charge is -2.33. The van der Waals surface area contributed by atoms with Crippen LogP contribution in [0.4, 0.5) is 0 Å². The molecule has 0 saturated heterocycles. The van der Waals surface area contributed by atoms with Crippen molar-refractivity contribution in [1.82, 2.24) is 0 Å². The summed E-state index contributed by atoms with van der Waals surface area (Å²) in [6.45, 7) is 4.46. The molecule has 0 aromatic heterocycles. The van der Waals surface area contributed by atoms with Crippen LogP contribution in [0.25, 0.3) is 6.08 Å². The molecule has 2 aliphatic heterocycles. The molecule has 146 valence electrons. The lowest BCUT2D eigenvalue weighted by molar-refractivity contribution is 0.110. The summed E-state index contributed by atoms with van der Waals surface area (Å²) in [5.41, 5.74) is 3.01. The van der Waals surface area contributed by atoms with E-state index in [4.69, 9.17) is 18.9 Å². The summed E-state index contributed by atoms with van der Waals surface area (Å²) in [6, 6.07) is 7.71. The van der Waals surface area contributed by atoms with Crippen LogP contribution in [0.15, 0.2) is 30.3 Å². The fraction of sp³-hybridized carbons (Fsp3) is 0.348. The van der Waals surface area contributed by atoms with Gasteiger partial charge in [-0.2, -0.15) is 0 Å². The molecule has 4 rings (SSSR count). The lowest BCUT2D eigenvalue weighted by Crippen LogP contribution is -2.29. The topological polar surface area (TPSA) is 54.0 Å². The molecule has 0 amide bonds. The van der Waals surface area contributed by atoms with Crippen molar-refractivity contribution in [2.75, 3.05) is 20.8 Å². The molecule has 0 unspecified atom stereocenters. The summed E-state index contributed by atoms with van der Waals surface area (Å²) < 4.78 is 23.1. The van der Waals surface area contributed by atoms with Gasteiger partial charge in [0.05, 0.1) is 32.0 Å². The maximum atomic E-state index is 11.7. The Morgan fingerprint density at radius 3 is 2.68 bits per heavy atom. The van der Waals surface area contributed by atoms with Crippen LogP contribution >= 0.6 is 0 Å². The maximum absolute atomic E-state index is 11.7. The third-order valence-electron chi connectivity index (χ3n) is 5.29. The van der Waals surface area contributed by atoms with Crippen molar-refractivity contribution in [3.8, 4) is 23.0 Å². The molecule has 2 aliphatic rings. The second-order valence-electron chi connectivity index (χ2n) is 7.67. The average Bonchev–Trinajstić information content (AvgIpc) is 2.71. The summed E-state index contributed by atoms with van der Waals surface area (Å²) in [6.07, 6.45) is 5.60. The first-order valence-electron chi connectivity index (χ1n) is 9.33. The van der Waals surface area contributed by atoms with Gasteiger partial charge in [0, 0.05) is 17.5 Å². The summed E-state index contributed by atoms with van der Waals surface area (Å²) in [5.74, 6) is 3.04. The quantitative estimate of drug-likeness (QED) is 0.735. The van der Waals surface area contributed by atoms with Gasteiger partial charge in [0.1, 0.15) is 28.6 Å². The molecule has 5 heteroatoms. The SMILES string of the molecule is COc1ccc([C@@H]2COc3c(cc(C=O)c4c3C=CC(C)(C)O4)C2)c(OC)c1. The number of hydrogen-bond donors (Lipinski definition) is 0. The number of rotatable bonds is 4. The molecule has 0 saturated carbocycles. The Hall–Kier alpha value is -2.95. The average molecular weight is 380 g/mol. The standard InChI is InChI=1S/C23H24O5/c1-23(2)8-7-19-21-14(9-15(12-24)22(19)28-23)10-16(13-27-21)18-6-5-17(25-3)11-20(18)26-4/h5-9,11-12,16H,10,13H2,1-4H3/t16-/m0/s1. The van der Waals surface area contributed by atoms with E-state index >= 15 is 0 Å². The largest absolute Gasteiger partial charge is 0.497 e. The van der Waals surface area contributed by atoms with E-state index in [2.05, 4.69) is 0 Å². The van der Waals surface area contributed by atoms with Gasteiger partial charge in [0.25, 0.3) is 0 Å². The second kappa shape index (κ2) is 6.89. The van der Waals surface area contributed by atoms with Crippen LogP contribution in [-0.4, -0.2) is 32.7 Å². The van der Waals surface area contributed by atoms with Gasteiger partial charge < -0.3 is 18.9 Å². The van der Waals surface area contributed by atoms with Crippen LogP contribution in [0.2, 0.25) is 0 Å². The number of aldehydes is 1. The van der Waals surface area contributed by atoms with E-state index < -0.39 is 5.60 Å². The van der Waals surface area contributed by atoms with Gasteiger partial charge in [-0.1, -0.05) is 6.07 Å². The van der Waals surface area contributed by atoms with Crippen molar-refractivity contribution in [3.63, 3.8) is 0 Å². The number of methoxy groups -OCH3 is 2. The normalized spacial score (nSPS) is 18.9. The van der Waals surface area contributed by atoms with E-state index in [-0.39, 0.29) is 5.92 Å². The third kappa shape index (κ3) is 3.11. The molecule has 28 heavy (non-hydrogen) atoms. The first kappa shape index (κ1) is 18.4. The van der Waals surface area contributed by atoms with Gasteiger partial charge in [-0.25, -0.2) is 0 Å². The summed E-state index contributed by atoms with van der Waals surface area (Å²) >= 11 is 0. The predicted octanol–water partition coefficient (Wildman–Crippen LogP) is 4.42. The Morgan fingerprint density at radius 2 is 1.96 bits per heavy atom. The highest BCUT2D eigenvalue weighted by Gasteiger charge is 2.32. The molecule has 0 radical (unpaired) electrons. The van der Waals surface area contributed by atoms with Crippen molar-refractivity contribution in [3.05, 3.63) is 52.6 Å². The van der Waals surface area contributed by atoms with E-state index in [0.29, 0.717) is 17.9 Å². The summed E-state index contributed by atoms with van der Waals surface area (Å²) in [7, 11) is 3.29. The molecule has 0 bridgehead atoms. The van der Waals surface area contributed by atoms with Gasteiger partial charge in [0.2, 0.25) is 0 Å². The van der Waals surface area contributed by atoms with Crippen molar-refractivity contribution in [1.29, 1.82) is 0 Å². The van der Waals surface area contributed by atoms with Crippen molar-refractivity contribution in [2.24, 2.45) is 0 Å². The van der Waals surface area contributed by atoms with Crippen LogP contribution in [0.1, 0.15) is 46.8 Å². The van der Waals surface area contributed by atoms with Crippen LogP contribution in [0.3, 0.4) is 0 Å². The highest BCUT2D eigenvalue weighted by atomic mass is 16.5. The molecule has 1 atom stereocenters. The zero-order valence-electron chi connectivity index (χ0n) is 16.6. The fourth-order valence-electron chi connectivity index (χ4n) is 3.87. The van der Waals surface area contributed by atoms with Gasteiger partial charge >= 0.3 is 0 Å². The molecule has 0 N–H and O–H groups in total. The fourth-order valence-corrected chi connectivity index (χ4v) is 3.87. The molecule has 0 aliphatic carbocycles. The third-order valence-corrected chi connectivity index (χ3v) is 5.29.